The molecule has 1 aromatic heterocycles. The van der Waals surface area contributed by atoms with E-state index in [1.54, 1.807) is 51.3 Å². The molecule has 4 aromatic rings. The van der Waals surface area contributed by atoms with Gasteiger partial charge in [-0.3, -0.25) is 9.36 Å². The van der Waals surface area contributed by atoms with E-state index >= 15 is 0 Å². The van der Waals surface area contributed by atoms with E-state index in [9.17, 15) is 9.59 Å². The van der Waals surface area contributed by atoms with Gasteiger partial charge in [0.25, 0.3) is 5.56 Å². The molecule has 3 aromatic carbocycles. The Morgan fingerprint density at radius 1 is 1.12 bits per heavy atom. The molecular weight excluding hydrogens is 592 g/mol. The van der Waals surface area contributed by atoms with Crippen LogP contribution >= 0.6 is 22.9 Å². The van der Waals surface area contributed by atoms with E-state index in [0.29, 0.717) is 54.2 Å². The highest BCUT2D eigenvalue weighted by molar-refractivity contribution is 7.07. The Balaban J connectivity index is 1.40. The molecule has 0 fully saturated rings. The molecule has 0 saturated carbocycles. The van der Waals surface area contributed by atoms with E-state index in [0.717, 1.165) is 11.1 Å². The average Bonchev–Trinajstić information content (AvgIpc) is 3.59. The van der Waals surface area contributed by atoms with Gasteiger partial charge in [-0.25, -0.2) is 9.79 Å². The number of nitrogens with zero attached hydrogens (tertiary/aromatic N) is 2. The minimum Gasteiger partial charge on any atom is -0.493 e. The predicted octanol–water partition coefficient (Wildman–Crippen LogP) is 4.77. The van der Waals surface area contributed by atoms with Crippen molar-refractivity contribution < 1.29 is 28.5 Å². The van der Waals surface area contributed by atoms with Crippen molar-refractivity contribution >= 4 is 35.0 Å². The van der Waals surface area contributed by atoms with E-state index in [-0.39, 0.29) is 25.6 Å². The predicted molar refractivity (Wildman–Crippen MR) is 162 cm³/mol. The Hall–Kier alpha value is -4.54. The van der Waals surface area contributed by atoms with Gasteiger partial charge in [-0.05, 0) is 61.4 Å². The van der Waals surface area contributed by atoms with Crippen molar-refractivity contribution in [3.05, 3.63) is 113 Å². The third-order valence-corrected chi connectivity index (χ3v) is 8.41. The fourth-order valence-electron chi connectivity index (χ4n) is 5.01. The quantitative estimate of drug-likeness (QED) is 0.263. The third-order valence-electron chi connectivity index (χ3n) is 7.06. The van der Waals surface area contributed by atoms with Crippen molar-refractivity contribution in [3.8, 4) is 23.0 Å². The van der Waals surface area contributed by atoms with Gasteiger partial charge < -0.3 is 23.7 Å². The molecule has 11 heteroatoms. The van der Waals surface area contributed by atoms with E-state index in [1.165, 1.54) is 15.9 Å². The second-order valence-corrected chi connectivity index (χ2v) is 11.1. The Labute approximate surface area is 255 Å². The summed E-state index contributed by atoms with van der Waals surface area (Å²) in [5.74, 6) is 1.66. The van der Waals surface area contributed by atoms with Crippen molar-refractivity contribution in [3.63, 3.8) is 0 Å². The highest BCUT2D eigenvalue weighted by atomic mass is 35.5. The number of methoxy groups -OCH3 is 1. The molecule has 6 rings (SSSR count). The number of halogens is 1. The lowest BCUT2D eigenvalue weighted by Crippen LogP contribution is -2.39. The van der Waals surface area contributed by atoms with Gasteiger partial charge in [0.05, 0.1) is 35.6 Å². The minimum absolute atomic E-state index is 0.106. The summed E-state index contributed by atoms with van der Waals surface area (Å²) in [5, 5.41) is 0.619. The minimum atomic E-state index is -0.762. The van der Waals surface area contributed by atoms with Gasteiger partial charge >= 0.3 is 5.97 Å². The lowest BCUT2D eigenvalue weighted by atomic mass is 9.95. The van der Waals surface area contributed by atoms with Crippen molar-refractivity contribution in [1.82, 2.24) is 4.57 Å². The maximum atomic E-state index is 14.0. The summed E-state index contributed by atoms with van der Waals surface area (Å²) in [4.78, 5) is 32.2. The topological polar surface area (TPSA) is 97.6 Å². The largest absolute Gasteiger partial charge is 0.493 e. The van der Waals surface area contributed by atoms with Crippen LogP contribution in [0.25, 0.3) is 6.08 Å². The molecule has 0 spiro atoms. The Morgan fingerprint density at radius 2 is 1.93 bits per heavy atom. The Morgan fingerprint density at radius 3 is 2.72 bits per heavy atom. The van der Waals surface area contributed by atoms with Gasteiger partial charge in [0.2, 0.25) is 6.79 Å². The van der Waals surface area contributed by atoms with Crippen LogP contribution in [-0.4, -0.2) is 31.0 Å². The second kappa shape index (κ2) is 12.0. The van der Waals surface area contributed by atoms with Crippen molar-refractivity contribution in [2.75, 3.05) is 20.5 Å². The number of fused-ring (bicyclic) bond motifs is 2. The molecule has 0 saturated heterocycles. The molecule has 1 atom stereocenters. The number of allylic oxidation sites excluding steroid dienone is 1. The fraction of sp³-hybridized carbons (Fsp3) is 0.219. The SMILES string of the molecule is CCOC(=O)C1=C(C)N=c2s/c(=C/c3ccc(OCc4ccccc4Cl)c(OC)c3)c(=O)n2[C@H]1c1ccc2c(c1)OCO2. The summed E-state index contributed by atoms with van der Waals surface area (Å²) in [6, 6.07) is 17.5. The number of benzene rings is 3. The Kier molecular flexibility index (Phi) is 7.96. The van der Waals surface area contributed by atoms with Crippen LogP contribution < -0.4 is 33.8 Å². The summed E-state index contributed by atoms with van der Waals surface area (Å²) in [6.45, 7) is 4.05. The standard InChI is InChI=1S/C32H27ClN2O7S/c1-4-39-31(37)28-18(2)34-32-35(29(28)20-10-12-24-26(15-20)42-17-41-24)30(36)27(43-32)14-19-9-11-23(25(13-19)38-3)40-16-21-7-5-6-8-22(21)33/h5-15,29H,4,16-17H2,1-3H3/b27-14+/t29-/m0/s1. The number of carbonyl (C=O) groups excluding carboxylic acids is 1. The maximum Gasteiger partial charge on any atom is 0.338 e. The second-order valence-electron chi connectivity index (χ2n) is 9.71. The molecule has 3 heterocycles. The van der Waals surface area contributed by atoms with Crippen LogP contribution in [0.2, 0.25) is 5.02 Å². The molecule has 0 unspecified atom stereocenters. The molecule has 43 heavy (non-hydrogen) atoms. The molecule has 0 N–H and O–H groups in total. The van der Waals surface area contributed by atoms with Gasteiger partial charge in [-0.15, -0.1) is 0 Å². The normalized spacial score (nSPS) is 15.6. The first kappa shape index (κ1) is 28.6. The molecule has 0 amide bonds. The van der Waals surface area contributed by atoms with Crippen LogP contribution in [0.15, 0.2) is 81.7 Å². The monoisotopic (exact) mass is 618 g/mol. The van der Waals surface area contributed by atoms with Crippen LogP contribution in [0, 0.1) is 0 Å². The van der Waals surface area contributed by atoms with Crippen LogP contribution in [0.1, 0.15) is 36.6 Å². The van der Waals surface area contributed by atoms with E-state index < -0.39 is 12.0 Å². The number of hydrogen-bond donors (Lipinski definition) is 0. The van der Waals surface area contributed by atoms with Gasteiger partial charge in [0.15, 0.2) is 27.8 Å². The summed E-state index contributed by atoms with van der Waals surface area (Å²) < 4.78 is 30.0. The highest BCUT2D eigenvalue weighted by Crippen LogP contribution is 2.38. The van der Waals surface area contributed by atoms with Crippen LogP contribution in [0.5, 0.6) is 23.0 Å². The summed E-state index contributed by atoms with van der Waals surface area (Å²) in [5.41, 5.74) is 2.74. The maximum absolute atomic E-state index is 14.0. The van der Waals surface area contributed by atoms with Crippen LogP contribution in [0.3, 0.4) is 0 Å². The number of ether oxygens (including phenoxy) is 5. The van der Waals surface area contributed by atoms with E-state index in [2.05, 4.69) is 4.99 Å². The third kappa shape index (κ3) is 5.51. The summed E-state index contributed by atoms with van der Waals surface area (Å²) in [6.07, 6.45) is 1.77. The summed E-state index contributed by atoms with van der Waals surface area (Å²) >= 11 is 7.51. The number of aromatic nitrogens is 1. The first-order valence-corrected chi connectivity index (χ1v) is 14.7. The molecular formula is C32H27ClN2O7S. The zero-order valence-corrected chi connectivity index (χ0v) is 25.2. The zero-order valence-electron chi connectivity index (χ0n) is 23.6. The van der Waals surface area contributed by atoms with Gasteiger partial charge in [0, 0.05) is 10.6 Å². The lowest BCUT2D eigenvalue weighted by molar-refractivity contribution is -0.139. The van der Waals surface area contributed by atoms with Gasteiger partial charge in [0.1, 0.15) is 6.61 Å². The van der Waals surface area contributed by atoms with Crippen LogP contribution in [0.4, 0.5) is 0 Å². The molecule has 2 aliphatic rings. The number of rotatable bonds is 8. The molecule has 9 nitrogen and oxygen atoms in total. The smallest absolute Gasteiger partial charge is 0.338 e. The highest BCUT2D eigenvalue weighted by Gasteiger charge is 2.34. The molecule has 0 bridgehead atoms. The molecule has 2 aliphatic heterocycles. The van der Waals surface area contributed by atoms with Gasteiger partial charge in [-0.2, -0.15) is 0 Å². The van der Waals surface area contributed by atoms with Crippen molar-refractivity contribution in [2.24, 2.45) is 4.99 Å². The number of carbonyl (C=O) groups is 1. The van der Waals surface area contributed by atoms with E-state index in [4.69, 9.17) is 35.3 Å². The molecule has 0 radical (unpaired) electrons. The molecule has 220 valence electrons. The summed E-state index contributed by atoms with van der Waals surface area (Å²) in [7, 11) is 1.56. The zero-order chi connectivity index (χ0) is 30.1. The number of thiazole rings is 1. The lowest BCUT2D eigenvalue weighted by Gasteiger charge is -2.24. The number of hydrogen-bond acceptors (Lipinski definition) is 9. The van der Waals surface area contributed by atoms with Gasteiger partial charge in [-0.1, -0.05) is 53.3 Å². The number of esters is 1. The van der Waals surface area contributed by atoms with Crippen molar-refractivity contribution in [2.45, 2.75) is 26.5 Å². The molecule has 0 aliphatic carbocycles. The average molecular weight is 619 g/mol. The fourth-order valence-corrected chi connectivity index (χ4v) is 6.24. The Bertz CT molecular complexity index is 1950. The van der Waals surface area contributed by atoms with Crippen LogP contribution in [-0.2, 0) is 16.1 Å². The first-order valence-electron chi connectivity index (χ1n) is 13.5. The van der Waals surface area contributed by atoms with E-state index in [1.807, 2.05) is 36.4 Å². The first-order chi connectivity index (χ1) is 20.9. The van der Waals surface area contributed by atoms with Crippen molar-refractivity contribution in [1.29, 1.82) is 0 Å².